The van der Waals surface area contributed by atoms with Crippen LogP contribution in [-0.4, -0.2) is 54.6 Å². The first kappa shape index (κ1) is 35.8. The first-order chi connectivity index (χ1) is 17.4. The Hall–Kier alpha value is -0.240. The summed E-state index contributed by atoms with van der Waals surface area (Å²) in [6.07, 6.45) is 19.5. The molecule has 0 aromatic heterocycles. The van der Waals surface area contributed by atoms with E-state index in [1.807, 2.05) is 0 Å². The molecule has 0 heterocycles. The lowest BCUT2D eigenvalue weighted by Crippen LogP contribution is -2.53. The highest BCUT2D eigenvalue weighted by Gasteiger charge is 2.51. The first-order valence-electron chi connectivity index (χ1n) is 14.7. The van der Waals surface area contributed by atoms with Crippen LogP contribution in [-0.2, 0) is 28.4 Å². The highest BCUT2D eigenvalue weighted by atomic mass is 16.9. The van der Waals surface area contributed by atoms with E-state index < -0.39 is 11.9 Å². The number of hydrogen-bond acceptors (Lipinski definition) is 6. The van der Waals surface area contributed by atoms with Crippen molar-refractivity contribution in [2.75, 3.05) is 42.7 Å². The third kappa shape index (κ3) is 11.7. The van der Waals surface area contributed by atoms with Crippen molar-refractivity contribution in [3.63, 3.8) is 0 Å². The van der Waals surface area contributed by atoms with Gasteiger partial charge in [0.25, 0.3) is 11.9 Å². The van der Waals surface area contributed by atoms with Gasteiger partial charge in [-0.05, 0) is 18.8 Å². The highest BCUT2D eigenvalue weighted by Crippen LogP contribution is 2.44. The summed E-state index contributed by atoms with van der Waals surface area (Å²) < 4.78 is 35.4. The summed E-state index contributed by atoms with van der Waals surface area (Å²) in [5, 5.41) is 0. The largest absolute Gasteiger partial charge is 0.331 e. The molecule has 6 nitrogen and oxygen atoms in total. The fourth-order valence-corrected chi connectivity index (χ4v) is 5.85. The van der Waals surface area contributed by atoms with Gasteiger partial charge in [0.1, 0.15) is 0 Å². The lowest BCUT2D eigenvalue weighted by atomic mass is 9.75. The number of ether oxygens (including phenoxy) is 6. The van der Waals surface area contributed by atoms with Crippen LogP contribution in [0.2, 0.25) is 0 Å². The van der Waals surface area contributed by atoms with E-state index in [2.05, 4.69) is 20.8 Å². The van der Waals surface area contributed by atoms with Crippen LogP contribution < -0.4 is 0 Å². The Bertz CT molecular complexity index is 420. The second kappa shape index (κ2) is 21.7. The predicted octanol–water partition coefficient (Wildman–Crippen LogP) is 8.32. The minimum Gasteiger partial charge on any atom is -0.331 e. The SMILES string of the molecule is CCCCCCCCCC(C(C)C(CCCCCCCCC)C(OC)(OC)OC)C(OC)(OC)OC. The van der Waals surface area contributed by atoms with Gasteiger partial charge in [0.2, 0.25) is 0 Å². The molecule has 0 saturated carbocycles. The van der Waals surface area contributed by atoms with Gasteiger partial charge in [-0.25, -0.2) is 0 Å². The summed E-state index contributed by atoms with van der Waals surface area (Å²) in [6.45, 7) is 6.76. The van der Waals surface area contributed by atoms with E-state index in [1.165, 1.54) is 77.0 Å². The third-order valence-corrected chi connectivity index (χ3v) is 8.12. The molecule has 0 rings (SSSR count). The van der Waals surface area contributed by atoms with Gasteiger partial charge in [-0.2, -0.15) is 0 Å². The zero-order chi connectivity index (χ0) is 27.3. The average molecular weight is 519 g/mol. The van der Waals surface area contributed by atoms with Gasteiger partial charge in [0.05, 0.1) is 0 Å². The topological polar surface area (TPSA) is 55.4 Å². The maximum Gasteiger partial charge on any atom is 0.285 e. The Morgan fingerprint density at radius 3 is 0.917 bits per heavy atom. The van der Waals surface area contributed by atoms with E-state index in [9.17, 15) is 0 Å². The van der Waals surface area contributed by atoms with Crippen molar-refractivity contribution in [3.8, 4) is 0 Å². The second-order valence-corrected chi connectivity index (χ2v) is 10.3. The highest BCUT2D eigenvalue weighted by molar-refractivity contribution is 4.86. The number of hydrogen-bond donors (Lipinski definition) is 0. The van der Waals surface area contributed by atoms with Crippen LogP contribution in [0.4, 0.5) is 0 Å². The Labute approximate surface area is 224 Å². The molecule has 6 heteroatoms. The van der Waals surface area contributed by atoms with Crippen LogP contribution in [0.25, 0.3) is 0 Å². The van der Waals surface area contributed by atoms with Crippen molar-refractivity contribution in [1.29, 1.82) is 0 Å². The molecule has 2 atom stereocenters. The molecule has 0 aromatic rings. The lowest BCUT2D eigenvalue weighted by molar-refractivity contribution is -0.411. The van der Waals surface area contributed by atoms with Crippen LogP contribution in [0.1, 0.15) is 124 Å². The maximum atomic E-state index is 5.91. The normalized spacial score (nSPS) is 15.2. The predicted molar refractivity (Wildman–Crippen MR) is 149 cm³/mol. The summed E-state index contributed by atoms with van der Waals surface area (Å²) in [7, 11) is 9.99. The second-order valence-electron chi connectivity index (χ2n) is 10.3. The van der Waals surface area contributed by atoms with Crippen LogP contribution in [0.3, 0.4) is 0 Å². The molecule has 218 valence electrons. The molecule has 36 heavy (non-hydrogen) atoms. The summed E-state index contributed by atoms with van der Waals surface area (Å²) in [5.74, 6) is -2.17. The fourth-order valence-electron chi connectivity index (χ4n) is 5.85. The Morgan fingerprint density at radius 2 is 0.667 bits per heavy atom. The molecule has 0 aromatic carbocycles. The van der Waals surface area contributed by atoms with E-state index in [1.54, 1.807) is 42.7 Å². The average Bonchev–Trinajstić information content (AvgIpc) is 2.91. The molecule has 0 aliphatic heterocycles. The van der Waals surface area contributed by atoms with Crippen LogP contribution in [0.15, 0.2) is 0 Å². The van der Waals surface area contributed by atoms with Crippen molar-refractivity contribution in [2.24, 2.45) is 17.8 Å². The van der Waals surface area contributed by atoms with Gasteiger partial charge in [-0.1, -0.05) is 111 Å². The van der Waals surface area contributed by atoms with E-state index in [0.717, 1.165) is 25.7 Å². The van der Waals surface area contributed by atoms with Gasteiger partial charge in [0.15, 0.2) is 0 Å². The van der Waals surface area contributed by atoms with Crippen molar-refractivity contribution >= 4 is 0 Å². The maximum absolute atomic E-state index is 5.91. The molecule has 0 spiro atoms. The van der Waals surface area contributed by atoms with Gasteiger partial charge >= 0.3 is 0 Å². The molecule has 0 aliphatic rings. The summed E-state index contributed by atoms with van der Waals surface area (Å²) >= 11 is 0. The van der Waals surface area contributed by atoms with Gasteiger partial charge in [-0.3, -0.25) is 0 Å². The zero-order valence-corrected chi connectivity index (χ0v) is 25.5. The first-order valence-corrected chi connectivity index (χ1v) is 14.7. The van der Waals surface area contributed by atoms with Crippen molar-refractivity contribution in [3.05, 3.63) is 0 Å². The van der Waals surface area contributed by atoms with E-state index in [-0.39, 0.29) is 17.8 Å². The molecule has 0 N–H and O–H groups in total. The van der Waals surface area contributed by atoms with Crippen molar-refractivity contribution in [1.82, 2.24) is 0 Å². The van der Waals surface area contributed by atoms with E-state index in [4.69, 9.17) is 28.4 Å². The molecule has 0 radical (unpaired) electrons. The Morgan fingerprint density at radius 1 is 0.417 bits per heavy atom. The molecule has 0 aliphatic carbocycles. The zero-order valence-electron chi connectivity index (χ0n) is 25.5. The van der Waals surface area contributed by atoms with Gasteiger partial charge < -0.3 is 28.4 Å². The molecule has 0 amide bonds. The lowest BCUT2D eigenvalue weighted by Gasteiger charge is -2.46. The number of methoxy groups -OCH3 is 6. The molecular weight excluding hydrogens is 456 g/mol. The molecule has 0 saturated heterocycles. The van der Waals surface area contributed by atoms with Gasteiger partial charge in [0, 0.05) is 54.5 Å². The molecule has 0 bridgehead atoms. The van der Waals surface area contributed by atoms with Crippen molar-refractivity contribution in [2.45, 2.75) is 135 Å². The standard InChI is InChI=1S/C30H62O6/c1-10-12-14-16-18-20-22-24-27(29(31-4,32-5)33-6)26(3)28(30(34-7,35-8)36-9)25-23-21-19-17-15-13-11-2/h26-28H,10-25H2,1-9H3. The third-order valence-electron chi connectivity index (χ3n) is 8.12. The van der Waals surface area contributed by atoms with E-state index >= 15 is 0 Å². The smallest absolute Gasteiger partial charge is 0.285 e. The van der Waals surface area contributed by atoms with E-state index in [0.29, 0.717) is 0 Å². The minimum absolute atomic E-state index is 0.0116. The van der Waals surface area contributed by atoms with Crippen LogP contribution in [0, 0.1) is 17.8 Å². The number of rotatable bonds is 26. The number of unbranched alkanes of at least 4 members (excludes halogenated alkanes) is 12. The summed E-state index contributed by atoms with van der Waals surface area (Å²) in [4.78, 5) is 0. The van der Waals surface area contributed by atoms with Crippen molar-refractivity contribution < 1.29 is 28.4 Å². The quantitative estimate of drug-likeness (QED) is 0.0847. The van der Waals surface area contributed by atoms with Crippen LogP contribution >= 0.6 is 0 Å². The molecule has 0 fully saturated rings. The summed E-state index contributed by atoms with van der Waals surface area (Å²) in [5.41, 5.74) is 0. The molecular formula is C30H62O6. The Balaban J connectivity index is 5.61. The minimum atomic E-state index is -1.12. The van der Waals surface area contributed by atoms with Gasteiger partial charge in [-0.15, -0.1) is 0 Å². The Kier molecular flexibility index (Phi) is 21.5. The molecule has 2 unspecified atom stereocenters. The monoisotopic (exact) mass is 518 g/mol. The fraction of sp³-hybridized carbons (Fsp3) is 1.00. The summed E-state index contributed by atoms with van der Waals surface area (Å²) in [6, 6.07) is 0. The van der Waals surface area contributed by atoms with Crippen LogP contribution in [0.5, 0.6) is 0 Å².